The van der Waals surface area contributed by atoms with Gasteiger partial charge in [-0.1, -0.05) is 5.16 Å². The Bertz CT molecular complexity index is 636. The van der Waals surface area contributed by atoms with Gasteiger partial charge in [0.15, 0.2) is 6.10 Å². The van der Waals surface area contributed by atoms with E-state index >= 15 is 0 Å². The summed E-state index contributed by atoms with van der Waals surface area (Å²) in [6.07, 6.45) is -0.354. The number of aromatic nitrogens is 2. The molecule has 0 aromatic carbocycles. The Kier molecular flexibility index (Phi) is 3.43. The van der Waals surface area contributed by atoms with Crippen molar-refractivity contribution in [3.05, 3.63) is 23.5 Å². The number of carbonyl (C=O) groups excluding carboxylic acids is 1. The molecular formula is C11H11N3O5. The number of amides is 1. The van der Waals surface area contributed by atoms with Crippen molar-refractivity contribution >= 4 is 23.0 Å². The van der Waals surface area contributed by atoms with Crippen LogP contribution in [0.15, 0.2) is 16.8 Å². The minimum Gasteiger partial charge on any atom is -0.479 e. The van der Waals surface area contributed by atoms with Gasteiger partial charge in [0, 0.05) is 6.20 Å². The van der Waals surface area contributed by atoms with E-state index in [1.165, 1.54) is 12.3 Å². The molecule has 19 heavy (non-hydrogen) atoms. The minimum atomic E-state index is -1.64. The molecule has 0 saturated carbocycles. The molecule has 0 aliphatic carbocycles. The van der Waals surface area contributed by atoms with Gasteiger partial charge in [-0.3, -0.25) is 4.79 Å². The molecule has 0 saturated heterocycles. The predicted octanol–water partition coefficient (Wildman–Crippen LogP) is -0.293. The fraction of sp³-hybridized carbons (Fsp3) is 0.273. The lowest BCUT2D eigenvalue weighted by molar-refractivity contribution is -0.146. The number of nitrogens with zero attached hydrogens (tertiary/aromatic N) is 2. The van der Waals surface area contributed by atoms with Crippen molar-refractivity contribution < 1.29 is 24.3 Å². The van der Waals surface area contributed by atoms with E-state index in [0.29, 0.717) is 16.8 Å². The number of carboxylic acids is 1. The van der Waals surface area contributed by atoms with Gasteiger partial charge < -0.3 is 20.1 Å². The third-order valence-electron chi connectivity index (χ3n) is 2.51. The van der Waals surface area contributed by atoms with Gasteiger partial charge in [0.2, 0.25) is 0 Å². The number of aryl methyl sites for hydroxylation is 1. The second-order valence-electron chi connectivity index (χ2n) is 3.91. The summed E-state index contributed by atoms with van der Waals surface area (Å²) in [6, 6.07) is 1.54. The smallest absolute Gasteiger partial charge is 0.334 e. The van der Waals surface area contributed by atoms with Gasteiger partial charge in [-0.15, -0.1) is 0 Å². The summed E-state index contributed by atoms with van der Waals surface area (Å²) in [6.45, 7) is 1.33. The van der Waals surface area contributed by atoms with Crippen molar-refractivity contribution in [3.8, 4) is 0 Å². The molecule has 8 heteroatoms. The number of rotatable bonds is 4. The van der Waals surface area contributed by atoms with E-state index in [9.17, 15) is 9.59 Å². The first kappa shape index (κ1) is 13.0. The molecular weight excluding hydrogens is 254 g/mol. The molecule has 0 radical (unpaired) electrons. The average Bonchev–Trinajstić information content (AvgIpc) is 2.76. The number of aliphatic carboxylic acids is 1. The van der Waals surface area contributed by atoms with Crippen molar-refractivity contribution in [1.29, 1.82) is 0 Å². The topological polar surface area (TPSA) is 126 Å². The molecule has 2 aromatic rings. The Morgan fingerprint density at radius 2 is 2.26 bits per heavy atom. The van der Waals surface area contributed by atoms with Crippen LogP contribution in [0.1, 0.15) is 16.1 Å². The molecule has 8 nitrogen and oxygen atoms in total. The highest BCUT2D eigenvalue weighted by Gasteiger charge is 2.16. The molecule has 2 aromatic heterocycles. The van der Waals surface area contributed by atoms with Gasteiger partial charge in [0.25, 0.3) is 11.6 Å². The van der Waals surface area contributed by atoms with Crippen LogP contribution in [0.4, 0.5) is 0 Å². The summed E-state index contributed by atoms with van der Waals surface area (Å²) in [4.78, 5) is 26.1. The summed E-state index contributed by atoms with van der Waals surface area (Å²) in [5, 5.41) is 24.1. The fourth-order valence-corrected chi connectivity index (χ4v) is 1.45. The van der Waals surface area contributed by atoms with E-state index in [1.54, 1.807) is 6.92 Å². The zero-order valence-corrected chi connectivity index (χ0v) is 9.95. The van der Waals surface area contributed by atoms with E-state index in [0.717, 1.165) is 0 Å². The summed E-state index contributed by atoms with van der Waals surface area (Å²) >= 11 is 0. The molecule has 0 aliphatic heterocycles. The van der Waals surface area contributed by atoms with Gasteiger partial charge >= 0.3 is 5.97 Å². The van der Waals surface area contributed by atoms with E-state index in [2.05, 4.69) is 15.5 Å². The zero-order valence-electron chi connectivity index (χ0n) is 9.95. The molecule has 0 bridgehead atoms. The van der Waals surface area contributed by atoms with Gasteiger partial charge in [0.1, 0.15) is 0 Å². The maximum atomic E-state index is 11.7. The molecule has 0 unspecified atom stereocenters. The highest BCUT2D eigenvalue weighted by molar-refractivity contribution is 5.97. The third kappa shape index (κ3) is 2.68. The SMILES string of the molecule is Cc1noc2ncc(C(=O)NC[C@H](O)C(=O)O)cc12. The normalized spacial score (nSPS) is 12.3. The van der Waals surface area contributed by atoms with Crippen molar-refractivity contribution in [2.75, 3.05) is 6.54 Å². The summed E-state index contributed by atoms with van der Waals surface area (Å²) in [5.41, 5.74) is 1.15. The van der Waals surface area contributed by atoms with Crippen LogP contribution in [0, 0.1) is 6.92 Å². The standard InChI is InChI=1S/C11H11N3O5/c1-5-7-2-6(3-13-10(7)19-14-5)9(16)12-4-8(15)11(17)18/h2-3,8,15H,4H2,1H3,(H,12,16)(H,17,18)/t8-/m0/s1. The number of aliphatic hydroxyl groups is 1. The Labute approximate surface area is 107 Å². The molecule has 2 heterocycles. The number of pyridine rings is 1. The van der Waals surface area contributed by atoms with Crippen LogP contribution in [0.5, 0.6) is 0 Å². The van der Waals surface area contributed by atoms with Gasteiger partial charge in [-0.05, 0) is 13.0 Å². The van der Waals surface area contributed by atoms with E-state index in [-0.39, 0.29) is 12.1 Å². The minimum absolute atomic E-state index is 0.233. The van der Waals surface area contributed by atoms with Crippen molar-refractivity contribution in [1.82, 2.24) is 15.5 Å². The second kappa shape index (κ2) is 5.02. The molecule has 3 N–H and O–H groups in total. The van der Waals surface area contributed by atoms with Crippen LogP contribution < -0.4 is 5.32 Å². The molecule has 0 fully saturated rings. The number of carboxylic acid groups (broad SMARTS) is 1. The van der Waals surface area contributed by atoms with Crippen LogP contribution in [-0.4, -0.2) is 44.9 Å². The van der Waals surface area contributed by atoms with Gasteiger partial charge in [-0.25, -0.2) is 9.78 Å². The predicted molar refractivity (Wildman–Crippen MR) is 62.5 cm³/mol. The summed E-state index contributed by atoms with van der Waals surface area (Å²) in [5.74, 6) is -1.93. The van der Waals surface area contributed by atoms with E-state index in [4.69, 9.17) is 14.7 Å². The summed E-state index contributed by atoms with van der Waals surface area (Å²) in [7, 11) is 0. The first-order valence-corrected chi connectivity index (χ1v) is 5.40. The van der Waals surface area contributed by atoms with Crippen molar-refractivity contribution in [3.63, 3.8) is 0 Å². The molecule has 0 spiro atoms. The van der Waals surface area contributed by atoms with Crippen LogP contribution in [0.2, 0.25) is 0 Å². The monoisotopic (exact) mass is 265 g/mol. The highest BCUT2D eigenvalue weighted by atomic mass is 16.5. The molecule has 1 atom stereocenters. The maximum Gasteiger partial charge on any atom is 0.334 e. The number of hydrogen-bond donors (Lipinski definition) is 3. The molecule has 2 rings (SSSR count). The second-order valence-corrected chi connectivity index (χ2v) is 3.91. The van der Waals surface area contributed by atoms with Crippen LogP contribution in [0.25, 0.3) is 11.1 Å². The number of nitrogens with one attached hydrogen (secondary N) is 1. The maximum absolute atomic E-state index is 11.7. The third-order valence-corrected chi connectivity index (χ3v) is 2.51. The number of fused-ring (bicyclic) bond motifs is 1. The van der Waals surface area contributed by atoms with Gasteiger partial charge in [-0.2, -0.15) is 0 Å². The average molecular weight is 265 g/mol. The number of carbonyl (C=O) groups is 2. The van der Waals surface area contributed by atoms with Crippen LogP contribution >= 0.6 is 0 Å². The first-order chi connectivity index (χ1) is 8.99. The fourth-order valence-electron chi connectivity index (χ4n) is 1.45. The van der Waals surface area contributed by atoms with Gasteiger partial charge in [0.05, 0.1) is 23.2 Å². The van der Waals surface area contributed by atoms with Crippen molar-refractivity contribution in [2.45, 2.75) is 13.0 Å². The van der Waals surface area contributed by atoms with Crippen LogP contribution in [-0.2, 0) is 4.79 Å². The number of aliphatic hydroxyl groups excluding tert-OH is 1. The molecule has 1 amide bonds. The first-order valence-electron chi connectivity index (χ1n) is 5.40. The summed E-state index contributed by atoms with van der Waals surface area (Å²) < 4.78 is 4.90. The number of hydrogen-bond acceptors (Lipinski definition) is 6. The Morgan fingerprint density at radius 3 is 2.95 bits per heavy atom. The lowest BCUT2D eigenvalue weighted by Crippen LogP contribution is -2.36. The quantitative estimate of drug-likeness (QED) is 0.693. The van der Waals surface area contributed by atoms with E-state index in [1.807, 2.05) is 0 Å². The lowest BCUT2D eigenvalue weighted by Gasteiger charge is -2.07. The largest absolute Gasteiger partial charge is 0.479 e. The molecule has 100 valence electrons. The van der Waals surface area contributed by atoms with Crippen molar-refractivity contribution in [2.24, 2.45) is 0 Å². The Morgan fingerprint density at radius 1 is 1.53 bits per heavy atom. The van der Waals surface area contributed by atoms with Crippen LogP contribution in [0.3, 0.4) is 0 Å². The Hall–Kier alpha value is -2.48. The van der Waals surface area contributed by atoms with E-state index < -0.39 is 18.0 Å². The molecule has 0 aliphatic rings. The Balaban J connectivity index is 2.13. The lowest BCUT2D eigenvalue weighted by atomic mass is 10.2. The highest BCUT2D eigenvalue weighted by Crippen LogP contribution is 2.16. The zero-order chi connectivity index (χ0) is 14.0.